The Morgan fingerprint density at radius 3 is 2.50 bits per heavy atom. The van der Waals surface area contributed by atoms with Crippen LogP contribution in [0.25, 0.3) is 0 Å². The van der Waals surface area contributed by atoms with Gasteiger partial charge in [0.05, 0.1) is 7.11 Å². The zero-order chi connectivity index (χ0) is 14.8. The van der Waals surface area contributed by atoms with Crippen molar-refractivity contribution >= 4 is 11.9 Å². The Bertz CT molecular complexity index is 449. The fourth-order valence-corrected chi connectivity index (χ4v) is 1.63. The molecule has 3 N–H and O–H groups in total. The van der Waals surface area contributed by atoms with Gasteiger partial charge in [-0.25, -0.2) is 4.79 Å². The monoisotopic (exact) mass is 279 g/mol. The van der Waals surface area contributed by atoms with Gasteiger partial charge in [-0.1, -0.05) is 12.1 Å². The topological polar surface area (TPSA) is 79.5 Å². The second kappa shape index (κ2) is 8.79. The van der Waals surface area contributed by atoms with Crippen molar-refractivity contribution in [3.05, 3.63) is 29.8 Å². The third-order valence-corrected chi connectivity index (χ3v) is 2.62. The molecule has 0 saturated carbocycles. The van der Waals surface area contributed by atoms with Crippen molar-refractivity contribution in [1.29, 1.82) is 0 Å². The smallest absolute Gasteiger partial charge is 0.314 e. The average molecular weight is 279 g/mol. The summed E-state index contributed by atoms with van der Waals surface area (Å²) in [6, 6.07) is 7.49. The minimum Gasteiger partial charge on any atom is -0.497 e. The third-order valence-electron chi connectivity index (χ3n) is 2.62. The molecule has 0 aliphatic rings. The van der Waals surface area contributed by atoms with Crippen molar-refractivity contribution in [2.24, 2.45) is 0 Å². The molecule has 0 radical (unpaired) electrons. The highest BCUT2D eigenvalue weighted by Crippen LogP contribution is 2.12. The Hall–Kier alpha value is -2.24. The maximum atomic E-state index is 11.4. The van der Waals surface area contributed by atoms with Crippen molar-refractivity contribution in [3.63, 3.8) is 0 Å². The first-order chi connectivity index (χ1) is 9.61. The number of urea groups is 1. The van der Waals surface area contributed by atoms with E-state index in [2.05, 4.69) is 16.0 Å². The maximum Gasteiger partial charge on any atom is 0.314 e. The van der Waals surface area contributed by atoms with Gasteiger partial charge in [-0.2, -0.15) is 0 Å². The van der Waals surface area contributed by atoms with Crippen LogP contribution >= 0.6 is 0 Å². The van der Waals surface area contributed by atoms with Gasteiger partial charge in [0.1, 0.15) is 5.75 Å². The van der Waals surface area contributed by atoms with Gasteiger partial charge in [-0.05, 0) is 24.1 Å². The Labute approximate surface area is 118 Å². The van der Waals surface area contributed by atoms with Crippen molar-refractivity contribution in [2.45, 2.75) is 13.3 Å². The highest BCUT2D eigenvalue weighted by Gasteiger charge is 2.00. The molecule has 6 nitrogen and oxygen atoms in total. The first-order valence-electron chi connectivity index (χ1n) is 6.51. The molecule has 0 unspecified atom stereocenters. The third kappa shape index (κ3) is 6.63. The molecule has 0 aliphatic carbocycles. The van der Waals surface area contributed by atoms with Gasteiger partial charge in [-0.3, -0.25) is 4.79 Å². The van der Waals surface area contributed by atoms with E-state index in [0.717, 1.165) is 17.7 Å². The molecule has 20 heavy (non-hydrogen) atoms. The average Bonchev–Trinajstić information content (AvgIpc) is 2.43. The highest BCUT2D eigenvalue weighted by atomic mass is 16.5. The summed E-state index contributed by atoms with van der Waals surface area (Å²) >= 11 is 0. The first-order valence-corrected chi connectivity index (χ1v) is 6.51. The van der Waals surface area contributed by atoms with E-state index in [1.807, 2.05) is 24.3 Å². The number of methoxy groups -OCH3 is 1. The number of hydrogen-bond donors (Lipinski definition) is 3. The van der Waals surface area contributed by atoms with Gasteiger partial charge < -0.3 is 20.7 Å². The molecule has 1 rings (SSSR count). The van der Waals surface area contributed by atoms with Gasteiger partial charge in [-0.15, -0.1) is 0 Å². The SMILES string of the molecule is COc1cccc(CCNC(=O)NCCNC(C)=O)c1. The number of nitrogens with one attached hydrogen (secondary N) is 3. The molecule has 6 heteroatoms. The quantitative estimate of drug-likeness (QED) is 0.642. The lowest BCUT2D eigenvalue weighted by Gasteiger charge is -2.08. The van der Waals surface area contributed by atoms with Crippen LogP contribution < -0.4 is 20.7 Å². The number of carbonyl (C=O) groups excluding carboxylic acids is 2. The van der Waals surface area contributed by atoms with Gasteiger partial charge >= 0.3 is 6.03 Å². The van der Waals surface area contributed by atoms with Gasteiger partial charge in [0.25, 0.3) is 0 Å². The molecule has 0 saturated heterocycles. The van der Waals surface area contributed by atoms with E-state index in [4.69, 9.17) is 4.74 Å². The van der Waals surface area contributed by atoms with E-state index < -0.39 is 0 Å². The van der Waals surface area contributed by atoms with Crippen molar-refractivity contribution < 1.29 is 14.3 Å². The summed E-state index contributed by atoms with van der Waals surface area (Å²) in [4.78, 5) is 22.1. The second-order valence-electron chi connectivity index (χ2n) is 4.27. The van der Waals surface area contributed by atoms with E-state index in [9.17, 15) is 9.59 Å². The summed E-state index contributed by atoms with van der Waals surface area (Å²) in [5, 5.41) is 8.01. The normalized spacial score (nSPS) is 9.70. The van der Waals surface area contributed by atoms with Crippen LogP contribution in [0.5, 0.6) is 5.75 Å². The van der Waals surface area contributed by atoms with E-state index >= 15 is 0 Å². The van der Waals surface area contributed by atoms with E-state index in [-0.39, 0.29) is 11.9 Å². The van der Waals surface area contributed by atoms with Crippen LogP contribution in [0.3, 0.4) is 0 Å². The van der Waals surface area contributed by atoms with Crippen LogP contribution in [-0.2, 0) is 11.2 Å². The molecular weight excluding hydrogens is 258 g/mol. The van der Waals surface area contributed by atoms with Gasteiger partial charge in [0.15, 0.2) is 0 Å². The van der Waals surface area contributed by atoms with Crippen LogP contribution in [-0.4, -0.2) is 38.7 Å². The molecule has 1 aromatic carbocycles. The summed E-state index contributed by atoms with van der Waals surface area (Å²) < 4.78 is 5.13. The van der Waals surface area contributed by atoms with Gasteiger partial charge in [0.2, 0.25) is 5.91 Å². The Balaban J connectivity index is 2.16. The van der Waals surface area contributed by atoms with Crippen LogP contribution in [0, 0.1) is 0 Å². The van der Waals surface area contributed by atoms with Crippen LogP contribution in [0.4, 0.5) is 4.79 Å². The van der Waals surface area contributed by atoms with Gasteiger partial charge in [0, 0.05) is 26.6 Å². The predicted molar refractivity (Wildman–Crippen MR) is 76.8 cm³/mol. The summed E-state index contributed by atoms with van der Waals surface area (Å²) in [6.45, 7) is 2.82. The molecule has 0 bridgehead atoms. The molecule has 3 amide bonds. The minimum absolute atomic E-state index is 0.106. The van der Waals surface area contributed by atoms with Crippen molar-refractivity contribution in [1.82, 2.24) is 16.0 Å². The largest absolute Gasteiger partial charge is 0.497 e. The summed E-state index contributed by atoms with van der Waals surface area (Å²) in [5.74, 6) is 0.701. The lowest BCUT2D eigenvalue weighted by atomic mass is 10.1. The number of rotatable bonds is 7. The number of benzene rings is 1. The van der Waals surface area contributed by atoms with Crippen LogP contribution in [0.2, 0.25) is 0 Å². The Morgan fingerprint density at radius 2 is 1.80 bits per heavy atom. The predicted octanol–water partition coefficient (Wildman–Crippen LogP) is 0.673. The van der Waals surface area contributed by atoms with E-state index in [0.29, 0.717) is 19.6 Å². The maximum absolute atomic E-state index is 11.4. The zero-order valence-electron chi connectivity index (χ0n) is 11.9. The molecule has 0 spiro atoms. The summed E-state index contributed by atoms with van der Waals surface area (Å²) in [5.41, 5.74) is 1.10. The summed E-state index contributed by atoms with van der Waals surface area (Å²) in [7, 11) is 1.62. The molecular formula is C14H21N3O3. The minimum atomic E-state index is -0.238. The number of ether oxygens (including phenoxy) is 1. The number of carbonyl (C=O) groups is 2. The van der Waals surface area contributed by atoms with Crippen molar-refractivity contribution in [2.75, 3.05) is 26.7 Å². The lowest BCUT2D eigenvalue weighted by molar-refractivity contribution is -0.118. The first kappa shape index (κ1) is 15.8. The molecule has 110 valence electrons. The molecule has 1 aromatic rings. The Kier molecular flexibility index (Phi) is 6.95. The Morgan fingerprint density at radius 1 is 1.10 bits per heavy atom. The molecule has 0 heterocycles. The number of amides is 3. The van der Waals surface area contributed by atoms with Crippen LogP contribution in [0.15, 0.2) is 24.3 Å². The molecule has 0 fully saturated rings. The van der Waals surface area contributed by atoms with Crippen molar-refractivity contribution in [3.8, 4) is 5.75 Å². The van der Waals surface area contributed by atoms with Crippen LogP contribution in [0.1, 0.15) is 12.5 Å². The molecule has 0 atom stereocenters. The second-order valence-corrected chi connectivity index (χ2v) is 4.27. The summed E-state index contributed by atoms with van der Waals surface area (Å²) in [6.07, 6.45) is 0.732. The molecule has 0 aromatic heterocycles. The lowest BCUT2D eigenvalue weighted by Crippen LogP contribution is -2.40. The van der Waals surface area contributed by atoms with E-state index in [1.165, 1.54) is 6.92 Å². The fourth-order valence-electron chi connectivity index (χ4n) is 1.63. The zero-order valence-corrected chi connectivity index (χ0v) is 11.9. The number of hydrogen-bond acceptors (Lipinski definition) is 3. The standard InChI is InChI=1S/C14H21N3O3/c1-11(18)15-8-9-17-14(19)16-7-6-12-4-3-5-13(10-12)20-2/h3-5,10H,6-9H2,1-2H3,(H,15,18)(H2,16,17,19). The molecule has 0 aliphatic heterocycles. The fraction of sp³-hybridized carbons (Fsp3) is 0.429. The van der Waals surface area contributed by atoms with E-state index in [1.54, 1.807) is 7.11 Å². The highest BCUT2D eigenvalue weighted by molar-refractivity contribution is 5.74.